The van der Waals surface area contributed by atoms with Crippen molar-refractivity contribution in [2.45, 2.75) is 12.2 Å². The molecule has 0 spiro atoms. The minimum absolute atomic E-state index is 0.217. The fourth-order valence-electron chi connectivity index (χ4n) is 1.41. The maximum absolute atomic E-state index is 11.1. The van der Waals surface area contributed by atoms with Crippen molar-refractivity contribution in [2.75, 3.05) is 7.11 Å². The highest BCUT2D eigenvalue weighted by Gasteiger charge is 2.47. The molecule has 0 unspecified atom stereocenters. The molecular formula is C11H9NO3. The van der Waals surface area contributed by atoms with Gasteiger partial charge in [-0.05, 0) is 17.7 Å². The summed E-state index contributed by atoms with van der Waals surface area (Å²) < 4.78 is 9.73. The number of benzene rings is 1. The molecule has 2 rings (SSSR count). The third-order valence-corrected chi connectivity index (χ3v) is 2.29. The van der Waals surface area contributed by atoms with Crippen LogP contribution in [0.5, 0.6) is 0 Å². The molecule has 1 saturated heterocycles. The maximum atomic E-state index is 11.1. The Morgan fingerprint density at radius 3 is 2.67 bits per heavy atom. The van der Waals surface area contributed by atoms with Gasteiger partial charge in [-0.1, -0.05) is 12.1 Å². The second-order valence-electron chi connectivity index (χ2n) is 3.23. The van der Waals surface area contributed by atoms with Crippen molar-refractivity contribution in [3.8, 4) is 6.07 Å². The molecule has 0 radical (unpaired) electrons. The fraction of sp³-hybridized carbons (Fsp3) is 0.273. The smallest absolute Gasteiger partial charge is 0.338 e. The summed E-state index contributed by atoms with van der Waals surface area (Å²) in [6, 6.07) is 8.99. The Morgan fingerprint density at radius 2 is 2.13 bits per heavy atom. The molecule has 4 nitrogen and oxygen atoms in total. The van der Waals surface area contributed by atoms with Gasteiger partial charge in [-0.25, -0.2) is 4.79 Å². The molecule has 76 valence electrons. The molecule has 1 aliphatic rings. The molecule has 1 fully saturated rings. The molecule has 0 saturated carbocycles. The summed E-state index contributed by atoms with van der Waals surface area (Å²) in [4.78, 5) is 11.1. The topological polar surface area (TPSA) is 62.6 Å². The molecular weight excluding hydrogens is 194 g/mol. The second kappa shape index (κ2) is 3.71. The van der Waals surface area contributed by atoms with Crippen molar-refractivity contribution in [3.63, 3.8) is 0 Å². The van der Waals surface area contributed by atoms with E-state index >= 15 is 0 Å². The first-order chi connectivity index (χ1) is 7.26. The van der Waals surface area contributed by atoms with Crippen molar-refractivity contribution in [1.82, 2.24) is 0 Å². The lowest BCUT2D eigenvalue weighted by Gasteiger charge is -1.95. The van der Waals surface area contributed by atoms with Crippen LogP contribution in [0.2, 0.25) is 0 Å². The maximum Gasteiger partial charge on any atom is 0.338 e. The number of rotatable bonds is 2. The predicted molar refractivity (Wildman–Crippen MR) is 50.8 cm³/mol. The number of nitriles is 1. The van der Waals surface area contributed by atoms with Crippen molar-refractivity contribution in [3.05, 3.63) is 35.4 Å². The van der Waals surface area contributed by atoms with Gasteiger partial charge in [0.2, 0.25) is 0 Å². The van der Waals surface area contributed by atoms with E-state index in [4.69, 9.17) is 10.00 Å². The largest absolute Gasteiger partial charge is 0.467 e. The first-order valence-corrected chi connectivity index (χ1v) is 4.49. The lowest BCUT2D eigenvalue weighted by atomic mass is 10.1. The zero-order valence-electron chi connectivity index (χ0n) is 8.14. The summed E-state index contributed by atoms with van der Waals surface area (Å²) in [6.45, 7) is 0. The third kappa shape index (κ3) is 1.83. The van der Waals surface area contributed by atoms with Crippen LogP contribution in [0.25, 0.3) is 0 Å². The average Bonchev–Trinajstić information content (AvgIpc) is 3.08. The quantitative estimate of drug-likeness (QED) is 0.534. The number of methoxy groups -OCH3 is 1. The molecule has 15 heavy (non-hydrogen) atoms. The Kier molecular flexibility index (Phi) is 2.40. The lowest BCUT2D eigenvalue weighted by molar-refractivity contribution is -0.142. The van der Waals surface area contributed by atoms with E-state index in [9.17, 15) is 4.79 Å². The summed E-state index contributed by atoms with van der Waals surface area (Å²) in [5, 5.41) is 8.61. The van der Waals surface area contributed by atoms with Gasteiger partial charge in [-0.3, -0.25) is 0 Å². The van der Waals surface area contributed by atoms with Crippen molar-refractivity contribution < 1.29 is 14.3 Å². The standard InChI is InChI=1S/C11H9NO3/c1-14-11(13)10-9(15-10)8-4-2-7(6-12)3-5-8/h2-5,9-10H,1H3/t9-,10-/m0/s1. The number of hydrogen-bond donors (Lipinski definition) is 0. The summed E-state index contributed by atoms with van der Waals surface area (Å²) in [5.41, 5.74) is 1.48. The SMILES string of the molecule is COC(=O)[C@H]1O[C@H]1c1ccc(C#N)cc1. The molecule has 0 amide bonds. The van der Waals surface area contributed by atoms with Crippen LogP contribution in [0.3, 0.4) is 0 Å². The first kappa shape index (κ1) is 9.69. The monoisotopic (exact) mass is 203 g/mol. The summed E-state index contributed by atoms with van der Waals surface area (Å²) >= 11 is 0. The van der Waals surface area contributed by atoms with Crippen LogP contribution in [0.4, 0.5) is 0 Å². The van der Waals surface area contributed by atoms with E-state index in [2.05, 4.69) is 4.74 Å². The van der Waals surface area contributed by atoms with E-state index in [1.54, 1.807) is 24.3 Å². The highest BCUT2D eigenvalue weighted by Crippen LogP contribution is 2.39. The Hall–Kier alpha value is -1.86. The van der Waals surface area contributed by atoms with Gasteiger partial charge in [-0.15, -0.1) is 0 Å². The molecule has 4 heteroatoms. The van der Waals surface area contributed by atoms with Crippen LogP contribution in [0, 0.1) is 11.3 Å². The Balaban J connectivity index is 2.08. The van der Waals surface area contributed by atoms with E-state index in [-0.39, 0.29) is 12.1 Å². The first-order valence-electron chi connectivity index (χ1n) is 4.49. The predicted octanol–water partition coefficient (Wildman–Crippen LogP) is 1.17. The van der Waals surface area contributed by atoms with Gasteiger partial charge >= 0.3 is 5.97 Å². The summed E-state index contributed by atoms with van der Waals surface area (Å²) in [5.74, 6) is -0.357. The molecule has 1 heterocycles. The second-order valence-corrected chi connectivity index (χ2v) is 3.23. The highest BCUT2D eigenvalue weighted by molar-refractivity contribution is 5.78. The number of carbonyl (C=O) groups is 1. The number of nitrogens with zero attached hydrogens (tertiary/aromatic N) is 1. The minimum Gasteiger partial charge on any atom is -0.467 e. The van der Waals surface area contributed by atoms with Gasteiger partial charge in [-0.2, -0.15) is 5.26 Å². The van der Waals surface area contributed by atoms with E-state index in [0.717, 1.165) is 5.56 Å². The zero-order valence-corrected chi connectivity index (χ0v) is 8.14. The van der Waals surface area contributed by atoms with Gasteiger partial charge in [0.25, 0.3) is 0 Å². The minimum atomic E-state index is -0.483. The van der Waals surface area contributed by atoms with E-state index in [1.807, 2.05) is 6.07 Å². The van der Waals surface area contributed by atoms with Crippen LogP contribution in [-0.2, 0) is 14.3 Å². The molecule has 1 aliphatic heterocycles. The van der Waals surface area contributed by atoms with E-state index < -0.39 is 6.10 Å². The molecule has 0 N–H and O–H groups in total. The Morgan fingerprint density at radius 1 is 1.47 bits per heavy atom. The van der Waals surface area contributed by atoms with Crippen LogP contribution >= 0.6 is 0 Å². The number of ether oxygens (including phenoxy) is 2. The fourth-order valence-corrected chi connectivity index (χ4v) is 1.41. The number of hydrogen-bond acceptors (Lipinski definition) is 4. The van der Waals surface area contributed by atoms with Crippen molar-refractivity contribution in [2.24, 2.45) is 0 Å². The number of esters is 1. The van der Waals surface area contributed by atoms with Crippen LogP contribution in [0.15, 0.2) is 24.3 Å². The normalized spacial score (nSPS) is 22.9. The lowest BCUT2D eigenvalue weighted by Crippen LogP contribution is -2.09. The molecule has 1 aromatic carbocycles. The molecule has 0 aromatic heterocycles. The zero-order chi connectivity index (χ0) is 10.8. The van der Waals surface area contributed by atoms with Gasteiger partial charge in [0.05, 0.1) is 18.7 Å². The van der Waals surface area contributed by atoms with Crippen LogP contribution < -0.4 is 0 Å². The highest BCUT2D eigenvalue weighted by atomic mass is 16.6. The molecule has 2 atom stereocenters. The molecule has 0 aliphatic carbocycles. The summed E-state index contributed by atoms with van der Waals surface area (Å²) in [6.07, 6.45) is -0.701. The Bertz CT molecular complexity index is 418. The van der Waals surface area contributed by atoms with Gasteiger partial charge < -0.3 is 9.47 Å². The van der Waals surface area contributed by atoms with Crippen LogP contribution in [0.1, 0.15) is 17.2 Å². The van der Waals surface area contributed by atoms with Crippen molar-refractivity contribution >= 4 is 5.97 Å². The van der Waals surface area contributed by atoms with E-state index in [0.29, 0.717) is 5.56 Å². The van der Waals surface area contributed by atoms with Crippen molar-refractivity contribution in [1.29, 1.82) is 5.26 Å². The summed E-state index contributed by atoms with van der Waals surface area (Å²) in [7, 11) is 1.33. The van der Waals surface area contributed by atoms with Gasteiger partial charge in [0.1, 0.15) is 6.10 Å². The van der Waals surface area contributed by atoms with Gasteiger partial charge in [0.15, 0.2) is 6.10 Å². The number of epoxide rings is 1. The molecule has 0 bridgehead atoms. The van der Waals surface area contributed by atoms with Gasteiger partial charge in [0, 0.05) is 0 Å². The van der Waals surface area contributed by atoms with E-state index in [1.165, 1.54) is 7.11 Å². The Labute approximate surface area is 87.0 Å². The van der Waals surface area contributed by atoms with Crippen LogP contribution in [-0.4, -0.2) is 19.2 Å². The molecule has 1 aromatic rings. The average molecular weight is 203 g/mol. The third-order valence-electron chi connectivity index (χ3n) is 2.29. The number of carbonyl (C=O) groups excluding carboxylic acids is 1.